The van der Waals surface area contributed by atoms with E-state index in [0.717, 1.165) is 29.9 Å². The Bertz CT molecular complexity index is 417. The summed E-state index contributed by atoms with van der Waals surface area (Å²) in [4.78, 5) is 16.7. The van der Waals surface area contributed by atoms with E-state index in [1.165, 1.54) is 12.8 Å². The summed E-state index contributed by atoms with van der Waals surface area (Å²) in [6, 6.07) is 2.05. The van der Waals surface area contributed by atoms with Crippen molar-refractivity contribution >= 4 is 5.78 Å². The lowest BCUT2D eigenvalue weighted by atomic mass is 9.80. The minimum absolute atomic E-state index is 0.208. The van der Waals surface area contributed by atoms with Crippen LogP contribution in [0.15, 0.2) is 12.3 Å². The number of aryl methyl sites for hydroxylation is 2. The molecule has 0 aliphatic heterocycles. The van der Waals surface area contributed by atoms with Crippen molar-refractivity contribution in [3.05, 3.63) is 29.1 Å². The van der Waals surface area contributed by atoms with Crippen molar-refractivity contribution in [2.45, 2.75) is 46.5 Å². The van der Waals surface area contributed by atoms with Crippen LogP contribution in [0, 0.1) is 25.7 Å². The molecule has 0 atom stereocenters. The number of carbonyl (C=O) groups is 1. The van der Waals surface area contributed by atoms with Crippen molar-refractivity contribution in [2.24, 2.45) is 11.8 Å². The third-order valence-electron chi connectivity index (χ3n) is 3.84. The Balaban J connectivity index is 2.14. The summed E-state index contributed by atoms with van der Waals surface area (Å²) >= 11 is 0. The molecule has 1 fully saturated rings. The van der Waals surface area contributed by atoms with E-state index in [0.29, 0.717) is 5.69 Å². The first-order chi connectivity index (χ1) is 8.08. The van der Waals surface area contributed by atoms with Crippen LogP contribution in [0.3, 0.4) is 0 Å². The Labute approximate surface area is 103 Å². The Kier molecular flexibility index (Phi) is 3.60. The fourth-order valence-corrected chi connectivity index (χ4v) is 2.69. The van der Waals surface area contributed by atoms with Crippen LogP contribution in [0.1, 0.15) is 54.2 Å². The second-order valence-electron chi connectivity index (χ2n) is 5.50. The van der Waals surface area contributed by atoms with Crippen LogP contribution in [0.25, 0.3) is 0 Å². The maximum absolute atomic E-state index is 12.4. The van der Waals surface area contributed by atoms with Crippen molar-refractivity contribution < 1.29 is 4.79 Å². The van der Waals surface area contributed by atoms with Crippen LogP contribution >= 0.6 is 0 Å². The first-order valence-corrected chi connectivity index (χ1v) is 6.55. The minimum atomic E-state index is 0.208. The third kappa shape index (κ3) is 2.74. The molecule has 0 aromatic carbocycles. The summed E-state index contributed by atoms with van der Waals surface area (Å²) in [5.74, 6) is 1.25. The second kappa shape index (κ2) is 4.99. The number of rotatable bonds is 2. The molecule has 0 spiro atoms. The van der Waals surface area contributed by atoms with Gasteiger partial charge in [0.1, 0.15) is 5.69 Å². The Morgan fingerprint density at radius 2 is 1.88 bits per heavy atom. The summed E-state index contributed by atoms with van der Waals surface area (Å²) < 4.78 is 0. The van der Waals surface area contributed by atoms with E-state index in [-0.39, 0.29) is 11.7 Å². The van der Waals surface area contributed by atoms with Crippen LogP contribution in [-0.4, -0.2) is 10.8 Å². The molecule has 0 saturated heterocycles. The highest BCUT2D eigenvalue weighted by Gasteiger charge is 2.26. The molecule has 92 valence electrons. The molecule has 2 heteroatoms. The summed E-state index contributed by atoms with van der Waals surface area (Å²) in [7, 11) is 0. The largest absolute Gasteiger partial charge is 0.292 e. The molecule has 2 nitrogen and oxygen atoms in total. The van der Waals surface area contributed by atoms with Crippen molar-refractivity contribution in [3.63, 3.8) is 0 Å². The number of pyridine rings is 1. The minimum Gasteiger partial charge on any atom is -0.292 e. The molecule has 0 bridgehead atoms. The second-order valence-corrected chi connectivity index (χ2v) is 5.50. The lowest BCUT2D eigenvalue weighted by Crippen LogP contribution is -2.22. The van der Waals surface area contributed by atoms with Crippen molar-refractivity contribution in [1.29, 1.82) is 0 Å². The van der Waals surface area contributed by atoms with Gasteiger partial charge in [0.15, 0.2) is 5.78 Å². The van der Waals surface area contributed by atoms with Crippen LogP contribution in [0.5, 0.6) is 0 Å². The Hall–Kier alpha value is -1.18. The van der Waals surface area contributed by atoms with Gasteiger partial charge in [-0.05, 0) is 43.7 Å². The van der Waals surface area contributed by atoms with Gasteiger partial charge in [0.2, 0.25) is 0 Å². The molecule has 1 aromatic heterocycles. The Morgan fingerprint density at radius 3 is 2.47 bits per heavy atom. The monoisotopic (exact) mass is 231 g/mol. The summed E-state index contributed by atoms with van der Waals surface area (Å²) in [6.45, 7) is 6.27. The maximum atomic E-state index is 12.4. The number of ketones is 1. The number of hydrogen-bond donors (Lipinski definition) is 0. The van der Waals surface area contributed by atoms with Gasteiger partial charge >= 0.3 is 0 Å². The van der Waals surface area contributed by atoms with Gasteiger partial charge in [-0.3, -0.25) is 9.78 Å². The first-order valence-electron chi connectivity index (χ1n) is 6.55. The molecule has 0 N–H and O–H groups in total. The molecule has 1 aliphatic rings. The topological polar surface area (TPSA) is 30.0 Å². The average Bonchev–Trinajstić information content (AvgIpc) is 2.29. The lowest BCUT2D eigenvalue weighted by molar-refractivity contribution is 0.0869. The van der Waals surface area contributed by atoms with Gasteiger partial charge in [0, 0.05) is 12.1 Å². The SMILES string of the molecule is Cc1cnc(C(=O)C2CCC(C)CC2)c(C)c1. The zero-order valence-electron chi connectivity index (χ0n) is 11.0. The fraction of sp³-hybridized carbons (Fsp3) is 0.600. The first kappa shape index (κ1) is 12.3. The number of hydrogen-bond acceptors (Lipinski definition) is 2. The predicted octanol–water partition coefficient (Wildman–Crippen LogP) is 3.71. The highest BCUT2D eigenvalue weighted by Crippen LogP contribution is 2.30. The smallest absolute Gasteiger partial charge is 0.184 e. The van der Waals surface area contributed by atoms with Gasteiger partial charge in [0.25, 0.3) is 0 Å². The van der Waals surface area contributed by atoms with Crippen molar-refractivity contribution in [2.75, 3.05) is 0 Å². The van der Waals surface area contributed by atoms with Gasteiger partial charge in [-0.15, -0.1) is 0 Å². The lowest BCUT2D eigenvalue weighted by Gasteiger charge is -2.25. The van der Waals surface area contributed by atoms with Crippen molar-refractivity contribution in [1.82, 2.24) is 4.98 Å². The van der Waals surface area contributed by atoms with E-state index in [9.17, 15) is 4.79 Å². The van der Waals surface area contributed by atoms with E-state index in [1.807, 2.05) is 19.9 Å². The zero-order chi connectivity index (χ0) is 12.4. The Morgan fingerprint density at radius 1 is 1.24 bits per heavy atom. The van der Waals surface area contributed by atoms with E-state index in [2.05, 4.69) is 11.9 Å². The van der Waals surface area contributed by atoms with Gasteiger partial charge in [0.05, 0.1) is 0 Å². The molecule has 2 rings (SSSR count). The number of aromatic nitrogens is 1. The van der Waals surface area contributed by atoms with E-state index in [1.54, 1.807) is 6.20 Å². The van der Waals surface area contributed by atoms with Crippen LogP contribution in [-0.2, 0) is 0 Å². The number of carbonyl (C=O) groups excluding carboxylic acids is 1. The normalized spacial score (nSPS) is 24.6. The molecule has 0 amide bonds. The van der Waals surface area contributed by atoms with Gasteiger partial charge in [-0.25, -0.2) is 0 Å². The van der Waals surface area contributed by atoms with Gasteiger partial charge in [-0.1, -0.05) is 25.8 Å². The molecule has 1 aromatic rings. The van der Waals surface area contributed by atoms with Gasteiger partial charge in [-0.2, -0.15) is 0 Å². The van der Waals surface area contributed by atoms with Crippen LogP contribution < -0.4 is 0 Å². The number of Topliss-reactive ketones (excluding diaryl/α,β-unsaturated/α-hetero) is 1. The van der Waals surface area contributed by atoms with Gasteiger partial charge < -0.3 is 0 Å². The molecular formula is C15H21NO. The van der Waals surface area contributed by atoms with Crippen LogP contribution in [0.4, 0.5) is 0 Å². The highest BCUT2D eigenvalue weighted by atomic mass is 16.1. The van der Waals surface area contributed by atoms with Crippen molar-refractivity contribution in [3.8, 4) is 0 Å². The summed E-state index contributed by atoms with van der Waals surface area (Å²) in [5, 5.41) is 0. The zero-order valence-corrected chi connectivity index (χ0v) is 11.0. The average molecular weight is 231 g/mol. The van der Waals surface area contributed by atoms with Crippen LogP contribution in [0.2, 0.25) is 0 Å². The molecule has 0 radical (unpaired) electrons. The van der Waals surface area contributed by atoms with E-state index < -0.39 is 0 Å². The summed E-state index contributed by atoms with van der Waals surface area (Å²) in [6.07, 6.45) is 6.23. The maximum Gasteiger partial charge on any atom is 0.184 e. The molecule has 1 saturated carbocycles. The number of nitrogens with zero attached hydrogens (tertiary/aromatic N) is 1. The predicted molar refractivity (Wildman–Crippen MR) is 69.2 cm³/mol. The molecule has 17 heavy (non-hydrogen) atoms. The molecule has 1 heterocycles. The highest BCUT2D eigenvalue weighted by molar-refractivity contribution is 5.97. The fourth-order valence-electron chi connectivity index (χ4n) is 2.69. The molecular weight excluding hydrogens is 210 g/mol. The quantitative estimate of drug-likeness (QED) is 0.726. The van der Waals surface area contributed by atoms with E-state index >= 15 is 0 Å². The molecule has 0 unspecified atom stereocenters. The molecule has 1 aliphatic carbocycles. The standard InChI is InChI=1S/C15H21NO/c1-10-4-6-13(7-5-10)15(17)14-12(3)8-11(2)9-16-14/h8-10,13H,4-7H2,1-3H3. The third-order valence-corrected chi connectivity index (χ3v) is 3.84. The summed E-state index contributed by atoms with van der Waals surface area (Å²) in [5.41, 5.74) is 2.83. The van der Waals surface area contributed by atoms with E-state index in [4.69, 9.17) is 0 Å².